The predicted molar refractivity (Wildman–Crippen MR) is 88.2 cm³/mol. The summed E-state index contributed by atoms with van der Waals surface area (Å²) in [6.45, 7) is 2.17. The van der Waals surface area contributed by atoms with Gasteiger partial charge in [-0.25, -0.2) is 0 Å². The fourth-order valence-electron chi connectivity index (χ4n) is 3.75. The summed E-state index contributed by atoms with van der Waals surface area (Å²) in [5.74, 6) is 1.29. The fraction of sp³-hybridized carbons (Fsp3) is 0.588. The number of nitrogens with one attached hydrogen (secondary N) is 1. The zero-order valence-electron chi connectivity index (χ0n) is 12.8. The van der Waals surface area contributed by atoms with Crippen LogP contribution in [0.4, 0.5) is 0 Å². The first-order valence-corrected chi connectivity index (χ1v) is 9.22. The smallest absolute Gasteiger partial charge is 0.244 e. The van der Waals surface area contributed by atoms with Gasteiger partial charge in [-0.05, 0) is 31.6 Å². The van der Waals surface area contributed by atoms with Crippen molar-refractivity contribution in [3.05, 3.63) is 35.9 Å². The first-order chi connectivity index (χ1) is 10.2. The number of carbonyl (C=O) groups excluding carboxylic acids is 1. The Labute approximate surface area is 131 Å². The van der Waals surface area contributed by atoms with E-state index in [1.165, 1.54) is 5.56 Å². The van der Waals surface area contributed by atoms with Gasteiger partial charge in [0.2, 0.25) is 5.91 Å². The van der Waals surface area contributed by atoms with Crippen molar-refractivity contribution in [2.45, 2.75) is 50.4 Å². The second-order valence-corrected chi connectivity index (χ2v) is 7.17. The number of benzene rings is 1. The van der Waals surface area contributed by atoms with Gasteiger partial charge in [0.15, 0.2) is 0 Å². The quantitative estimate of drug-likeness (QED) is 0.927. The van der Waals surface area contributed by atoms with Gasteiger partial charge >= 0.3 is 0 Å². The third-order valence-corrected chi connectivity index (χ3v) is 5.61. The van der Waals surface area contributed by atoms with Crippen LogP contribution in [0.3, 0.4) is 0 Å². The van der Waals surface area contributed by atoms with Gasteiger partial charge in [-0.2, -0.15) is 11.8 Å². The maximum Gasteiger partial charge on any atom is 0.244 e. The van der Waals surface area contributed by atoms with E-state index in [4.69, 9.17) is 0 Å². The molecule has 0 bridgehead atoms. The van der Waals surface area contributed by atoms with E-state index in [1.807, 2.05) is 6.07 Å². The first-order valence-electron chi connectivity index (χ1n) is 7.82. The molecule has 0 radical (unpaired) electrons. The number of carbonyl (C=O) groups is 1. The molecule has 1 aliphatic heterocycles. The van der Waals surface area contributed by atoms with Gasteiger partial charge in [-0.1, -0.05) is 43.2 Å². The molecular formula is C17H24N2OS. The van der Waals surface area contributed by atoms with E-state index in [0.717, 1.165) is 31.4 Å². The summed E-state index contributed by atoms with van der Waals surface area (Å²) < 4.78 is 0. The Balaban J connectivity index is 1.94. The molecule has 2 atom stereocenters. The third-order valence-electron chi connectivity index (χ3n) is 4.79. The fourth-order valence-corrected chi connectivity index (χ4v) is 4.39. The van der Waals surface area contributed by atoms with Crippen molar-refractivity contribution in [1.29, 1.82) is 0 Å². The summed E-state index contributed by atoms with van der Waals surface area (Å²) in [5, 5.41) is 3.69. The molecule has 1 aromatic carbocycles. The number of hydrogen-bond acceptors (Lipinski definition) is 3. The molecule has 1 aromatic rings. The van der Waals surface area contributed by atoms with Crippen LogP contribution in [0.25, 0.3) is 0 Å². The number of hydrogen-bond donors (Lipinski definition) is 1. The van der Waals surface area contributed by atoms with E-state index in [9.17, 15) is 4.79 Å². The molecule has 114 valence electrons. The molecule has 2 fully saturated rings. The van der Waals surface area contributed by atoms with Crippen LogP contribution in [-0.2, 0) is 4.79 Å². The topological polar surface area (TPSA) is 32.3 Å². The molecule has 1 saturated heterocycles. The lowest BCUT2D eigenvalue weighted by Crippen LogP contribution is -2.45. The molecule has 1 N–H and O–H groups in total. The standard InChI is InChI=1S/C17H24N2OS/c1-13(12-21-2)19-15(14-8-4-3-5-9-14)18-17(16(19)20)10-6-7-11-17/h3-5,8-9,13,15,18H,6-7,10-12H2,1-2H3. The molecule has 3 nitrogen and oxygen atoms in total. The molecule has 1 aliphatic carbocycles. The molecule has 1 saturated carbocycles. The van der Waals surface area contributed by atoms with Crippen LogP contribution in [0.2, 0.25) is 0 Å². The zero-order chi connectivity index (χ0) is 14.9. The van der Waals surface area contributed by atoms with E-state index < -0.39 is 0 Å². The van der Waals surface area contributed by atoms with Crippen LogP contribution in [-0.4, -0.2) is 34.4 Å². The SMILES string of the molecule is CSCC(C)N1C(=O)C2(CCCC2)NC1c1ccccc1. The molecule has 2 aliphatic rings. The van der Waals surface area contributed by atoms with Crippen molar-refractivity contribution >= 4 is 17.7 Å². The summed E-state index contributed by atoms with van der Waals surface area (Å²) in [6, 6.07) is 10.6. The van der Waals surface area contributed by atoms with Crippen LogP contribution < -0.4 is 5.32 Å². The lowest BCUT2D eigenvalue weighted by Gasteiger charge is -2.30. The van der Waals surface area contributed by atoms with Crippen molar-refractivity contribution < 1.29 is 4.79 Å². The highest BCUT2D eigenvalue weighted by Crippen LogP contribution is 2.41. The Morgan fingerprint density at radius 2 is 2.00 bits per heavy atom. The monoisotopic (exact) mass is 304 g/mol. The highest BCUT2D eigenvalue weighted by atomic mass is 32.2. The zero-order valence-corrected chi connectivity index (χ0v) is 13.7. The van der Waals surface area contributed by atoms with E-state index in [-0.39, 0.29) is 17.7 Å². The molecule has 21 heavy (non-hydrogen) atoms. The van der Waals surface area contributed by atoms with Crippen molar-refractivity contribution in [2.24, 2.45) is 0 Å². The normalized spacial score (nSPS) is 25.7. The summed E-state index contributed by atoms with van der Waals surface area (Å²) >= 11 is 1.81. The van der Waals surface area contributed by atoms with Crippen molar-refractivity contribution in [3.8, 4) is 0 Å². The van der Waals surface area contributed by atoms with Crippen LogP contribution in [0.5, 0.6) is 0 Å². The van der Waals surface area contributed by atoms with Gasteiger partial charge in [0, 0.05) is 11.8 Å². The lowest BCUT2D eigenvalue weighted by molar-refractivity contribution is -0.134. The minimum atomic E-state index is -0.298. The largest absolute Gasteiger partial charge is 0.318 e. The first kappa shape index (κ1) is 14.9. The van der Waals surface area contributed by atoms with Gasteiger partial charge in [0.1, 0.15) is 6.17 Å². The molecule has 3 rings (SSSR count). The van der Waals surface area contributed by atoms with Crippen LogP contribution >= 0.6 is 11.8 Å². The van der Waals surface area contributed by atoms with Gasteiger partial charge in [0.05, 0.1) is 5.54 Å². The number of thioether (sulfide) groups is 1. The van der Waals surface area contributed by atoms with E-state index >= 15 is 0 Å². The lowest BCUT2D eigenvalue weighted by atomic mass is 9.98. The second-order valence-electron chi connectivity index (χ2n) is 6.26. The molecular weight excluding hydrogens is 280 g/mol. The summed E-state index contributed by atoms with van der Waals surface area (Å²) in [5.41, 5.74) is 0.898. The Bertz CT molecular complexity index is 499. The van der Waals surface area contributed by atoms with E-state index in [1.54, 1.807) is 11.8 Å². The molecule has 1 amide bonds. The molecule has 2 unspecified atom stereocenters. The highest BCUT2D eigenvalue weighted by molar-refractivity contribution is 7.98. The van der Waals surface area contributed by atoms with Crippen LogP contribution in [0.15, 0.2) is 30.3 Å². The number of amides is 1. The predicted octanol–water partition coefficient (Wildman–Crippen LogP) is 3.18. The van der Waals surface area contributed by atoms with Gasteiger partial charge in [-0.15, -0.1) is 0 Å². The van der Waals surface area contributed by atoms with Crippen molar-refractivity contribution in [3.63, 3.8) is 0 Å². The van der Waals surface area contributed by atoms with Crippen molar-refractivity contribution in [2.75, 3.05) is 12.0 Å². The maximum absolute atomic E-state index is 13.1. The average Bonchev–Trinajstić information content (AvgIpc) is 3.08. The second kappa shape index (κ2) is 6.01. The summed E-state index contributed by atoms with van der Waals surface area (Å²) in [6.07, 6.45) is 6.41. The highest BCUT2D eigenvalue weighted by Gasteiger charge is 2.53. The molecule has 0 aromatic heterocycles. The number of nitrogens with zero attached hydrogens (tertiary/aromatic N) is 1. The maximum atomic E-state index is 13.1. The summed E-state index contributed by atoms with van der Waals surface area (Å²) in [7, 11) is 0. The Kier molecular flexibility index (Phi) is 4.27. The minimum Gasteiger partial charge on any atom is -0.318 e. The van der Waals surface area contributed by atoms with E-state index in [2.05, 4.69) is 47.7 Å². The van der Waals surface area contributed by atoms with Gasteiger partial charge in [-0.3, -0.25) is 10.1 Å². The van der Waals surface area contributed by atoms with Crippen LogP contribution in [0.1, 0.15) is 44.3 Å². The Morgan fingerprint density at radius 1 is 1.33 bits per heavy atom. The van der Waals surface area contributed by atoms with E-state index in [0.29, 0.717) is 5.91 Å². The Morgan fingerprint density at radius 3 is 2.62 bits per heavy atom. The molecule has 4 heteroatoms. The molecule has 1 heterocycles. The number of rotatable bonds is 4. The third kappa shape index (κ3) is 2.59. The van der Waals surface area contributed by atoms with Crippen molar-refractivity contribution in [1.82, 2.24) is 10.2 Å². The van der Waals surface area contributed by atoms with Gasteiger partial charge < -0.3 is 4.90 Å². The minimum absolute atomic E-state index is 0.0268. The van der Waals surface area contributed by atoms with Crippen LogP contribution in [0, 0.1) is 0 Å². The van der Waals surface area contributed by atoms with Gasteiger partial charge in [0.25, 0.3) is 0 Å². The summed E-state index contributed by atoms with van der Waals surface area (Å²) in [4.78, 5) is 15.2. The Hall–Kier alpha value is -1.00. The molecule has 1 spiro atoms. The average molecular weight is 304 g/mol.